The average Bonchev–Trinajstić information content (AvgIpc) is 3.44. The maximum absolute atomic E-state index is 12.9. The Bertz CT molecular complexity index is 1450. The van der Waals surface area contributed by atoms with Gasteiger partial charge in [-0.3, -0.25) is 4.31 Å². The van der Waals surface area contributed by atoms with Crippen LogP contribution in [0.25, 0.3) is 32.4 Å². The second-order valence-corrected chi connectivity index (χ2v) is 12.1. The Morgan fingerprint density at radius 3 is 2.87 bits per heavy atom. The van der Waals surface area contributed by atoms with Crippen molar-refractivity contribution in [3.05, 3.63) is 39.7 Å². The Morgan fingerprint density at radius 1 is 1.32 bits per heavy atom. The van der Waals surface area contributed by atoms with Gasteiger partial charge in [-0.1, -0.05) is 11.6 Å². The SMILES string of the molecule is C=S1(=O)C[C@@](C)(c2sc(-c3nnc(-c4ccc5scnc5c4)o3)cc2Cl)N=C(N)N1C. The first-order valence-electron chi connectivity index (χ1n) is 9.08. The van der Waals surface area contributed by atoms with Crippen LogP contribution >= 0.6 is 34.3 Å². The molecule has 0 fully saturated rings. The minimum Gasteiger partial charge on any atom is -0.415 e. The third-order valence-corrected chi connectivity index (χ3v) is 9.87. The first-order valence-corrected chi connectivity index (χ1v) is 13.0. The molecule has 5 rings (SSSR count). The molecular formula is C19H17ClN6O2S3. The van der Waals surface area contributed by atoms with Crippen molar-refractivity contribution in [1.29, 1.82) is 0 Å². The Labute approximate surface area is 191 Å². The van der Waals surface area contributed by atoms with E-state index in [2.05, 4.69) is 26.0 Å². The highest BCUT2D eigenvalue weighted by atomic mass is 35.5. The van der Waals surface area contributed by atoms with Gasteiger partial charge in [0, 0.05) is 12.6 Å². The summed E-state index contributed by atoms with van der Waals surface area (Å²) in [6.07, 6.45) is 0. The number of halogens is 1. The summed E-state index contributed by atoms with van der Waals surface area (Å²) in [6.45, 7) is 1.85. The molecule has 0 radical (unpaired) electrons. The molecular weight excluding hydrogens is 476 g/mol. The van der Waals surface area contributed by atoms with Crippen LogP contribution in [0.2, 0.25) is 5.02 Å². The van der Waals surface area contributed by atoms with Gasteiger partial charge >= 0.3 is 0 Å². The number of benzene rings is 1. The van der Waals surface area contributed by atoms with Gasteiger partial charge in [0.2, 0.25) is 11.9 Å². The Kier molecular flexibility index (Phi) is 4.63. The summed E-state index contributed by atoms with van der Waals surface area (Å²) in [5.74, 6) is 4.93. The monoisotopic (exact) mass is 492 g/mol. The first-order chi connectivity index (χ1) is 14.7. The maximum Gasteiger partial charge on any atom is 0.258 e. The molecule has 4 heterocycles. The van der Waals surface area contributed by atoms with Crippen LogP contribution in [0.4, 0.5) is 0 Å². The molecule has 1 aliphatic rings. The van der Waals surface area contributed by atoms with Crippen LogP contribution < -0.4 is 5.73 Å². The largest absolute Gasteiger partial charge is 0.415 e. The lowest BCUT2D eigenvalue weighted by atomic mass is 10.0. The Morgan fingerprint density at radius 2 is 2.10 bits per heavy atom. The first kappa shape index (κ1) is 20.4. The summed E-state index contributed by atoms with van der Waals surface area (Å²) in [5, 5.41) is 8.84. The summed E-state index contributed by atoms with van der Waals surface area (Å²) >= 11 is 9.48. The molecule has 1 aromatic carbocycles. The van der Waals surface area contributed by atoms with Crippen molar-refractivity contribution in [1.82, 2.24) is 19.5 Å². The maximum atomic E-state index is 12.9. The Hall–Kier alpha value is -2.47. The third kappa shape index (κ3) is 3.41. The van der Waals surface area contributed by atoms with Gasteiger partial charge in [0.15, 0.2) is 0 Å². The van der Waals surface area contributed by atoms with Gasteiger partial charge in [-0.15, -0.1) is 32.9 Å². The summed E-state index contributed by atoms with van der Waals surface area (Å²) < 4.78 is 21.4. The van der Waals surface area contributed by atoms with Gasteiger partial charge in [0.1, 0.15) is 5.54 Å². The van der Waals surface area contributed by atoms with Gasteiger partial charge in [-0.05, 0) is 37.1 Å². The van der Waals surface area contributed by atoms with E-state index in [1.165, 1.54) is 15.6 Å². The molecule has 1 unspecified atom stereocenters. The molecule has 0 aliphatic carbocycles. The molecule has 2 N–H and O–H groups in total. The summed E-state index contributed by atoms with van der Waals surface area (Å²) in [4.78, 5) is 10.3. The number of guanidine groups is 1. The van der Waals surface area contributed by atoms with Crippen molar-refractivity contribution >= 4 is 66.0 Å². The molecule has 12 heteroatoms. The van der Waals surface area contributed by atoms with E-state index in [0.717, 1.165) is 20.7 Å². The van der Waals surface area contributed by atoms with Gasteiger partial charge in [-0.25, -0.2) is 14.2 Å². The molecule has 31 heavy (non-hydrogen) atoms. The van der Waals surface area contributed by atoms with E-state index in [4.69, 9.17) is 21.8 Å². The van der Waals surface area contributed by atoms with Crippen molar-refractivity contribution in [2.45, 2.75) is 12.5 Å². The molecule has 3 aromatic heterocycles. The molecule has 0 amide bonds. The number of rotatable bonds is 3. The number of hydrogen-bond acceptors (Lipinski definition) is 9. The normalized spacial score (nSPS) is 24.0. The number of thiazole rings is 1. The highest BCUT2D eigenvalue weighted by Gasteiger charge is 2.40. The molecule has 1 aliphatic heterocycles. The molecule has 160 valence electrons. The van der Waals surface area contributed by atoms with Crippen LogP contribution in [0, 0.1) is 0 Å². The minimum atomic E-state index is -2.61. The fourth-order valence-electron chi connectivity index (χ4n) is 3.45. The quantitative estimate of drug-likeness (QED) is 0.435. The van der Waals surface area contributed by atoms with E-state index in [0.29, 0.717) is 21.7 Å². The summed E-state index contributed by atoms with van der Waals surface area (Å²) in [7, 11) is -0.991. The number of aliphatic imine (C=N–C) groups is 1. The van der Waals surface area contributed by atoms with Crippen LogP contribution in [0.5, 0.6) is 0 Å². The van der Waals surface area contributed by atoms with E-state index in [-0.39, 0.29) is 11.7 Å². The summed E-state index contributed by atoms with van der Waals surface area (Å²) in [6, 6.07) is 7.57. The van der Waals surface area contributed by atoms with E-state index in [9.17, 15) is 4.21 Å². The molecule has 4 aromatic rings. The van der Waals surface area contributed by atoms with Gasteiger partial charge in [-0.2, -0.15) is 0 Å². The third-order valence-electron chi connectivity index (χ3n) is 5.08. The number of nitrogens with zero attached hydrogens (tertiary/aromatic N) is 5. The number of thiophene rings is 1. The number of fused-ring (bicyclic) bond motifs is 1. The molecule has 0 bridgehead atoms. The predicted molar refractivity (Wildman–Crippen MR) is 128 cm³/mol. The van der Waals surface area contributed by atoms with Gasteiger partial charge < -0.3 is 10.2 Å². The number of hydrogen-bond donors (Lipinski definition) is 1. The van der Waals surface area contributed by atoms with Gasteiger partial charge in [0.25, 0.3) is 5.89 Å². The highest BCUT2D eigenvalue weighted by Crippen LogP contribution is 2.44. The zero-order valence-corrected chi connectivity index (χ0v) is 19.7. The topological polar surface area (TPSA) is 110 Å². The molecule has 0 spiro atoms. The van der Waals surface area contributed by atoms with Crippen LogP contribution in [-0.4, -0.2) is 48.3 Å². The van der Waals surface area contributed by atoms with Gasteiger partial charge in [0.05, 0.1) is 46.0 Å². The van der Waals surface area contributed by atoms with Crippen LogP contribution in [0.15, 0.2) is 39.2 Å². The standard InChI is InChI=1S/C19H17ClN6O2S3/c1-19(8-31(3,27)26(2)18(21)23-19)15-11(20)7-14(30-15)17-25-24-16(28-17)10-4-5-13-12(6-10)22-9-29-13/h4-7,9H,3,8H2,1-2H3,(H2,21,23)/t19-,31?/m0/s1. The highest BCUT2D eigenvalue weighted by molar-refractivity contribution is 7.98. The lowest BCUT2D eigenvalue weighted by Crippen LogP contribution is -2.50. The molecule has 2 atom stereocenters. The summed E-state index contributed by atoms with van der Waals surface area (Å²) in [5.41, 5.74) is 8.61. The predicted octanol–water partition coefficient (Wildman–Crippen LogP) is 3.83. The fourth-order valence-corrected chi connectivity index (χ4v) is 7.42. The second-order valence-electron chi connectivity index (χ2n) is 7.39. The van der Waals surface area contributed by atoms with Crippen LogP contribution in [0.1, 0.15) is 11.8 Å². The zero-order valence-electron chi connectivity index (χ0n) is 16.5. The lowest BCUT2D eigenvalue weighted by Gasteiger charge is -2.36. The zero-order chi connectivity index (χ0) is 22.0. The van der Waals surface area contributed by atoms with Crippen LogP contribution in [-0.2, 0) is 15.2 Å². The van der Waals surface area contributed by atoms with Crippen molar-refractivity contribution < 1.29 is 8.63 Å². The molecule has 0 saturated carbocycles. The molecule has 8 nitrogen and oxygen atoms in total. The van der Waals surface area contributed by atoms with E-state index >= 15 is 0 Å². The second kappa shape index (κ2) is 7.02. The van der Waals surface area contributed by atoms with Crippen molar-refractivity contribution in [3.8, 4) is 22.2 Å². The van der Waals surface area contributed by atoms with E-state index in [1.807, 2.05) is 25.1 Å². The average molecular weight is 493 g/mol. The van der Waals surface area contributed by atoms with Crippen molar-refractivity contribution in [2.24, 2.45) is 10.7 Å². The Balaban J connectivity index is 1.52. The van der Waals surface area contributed by atoms with Crippen molar-refractivity contribution in [2.75, 3.05) is 12.8 Å². The number of aromatic nitrogens is 3. The van der Waals surface area contributed by atoms with E-state index < -0.39 is 15.2 Å². The van der Waals surface area contributed by atoms with E-state index in [1.54, 1.807) is 30.0 Å². The van der Waals surface area contributed by atoms with Crippen LogP contribution in [0.3, 0.4) is 0 Å². The number of nitrogens with two attached hydrogens (primary N) is 1. The lowest BCUT2D eigenvalue weighted by molar-refractivity contribution is 0.522. The smallest absolute Gasteiger partial charge is 0.258 e. The minimum absolute atomic E-state index is 0.164. The fraction of sp³-hybridized carbons (Fsp3) is 0.211. The van der Waals surface area contributed by atoms with Crippen molar-refractivity contribution in [3.63, 3.8) is 0 Å². The molecule has 0 saturated heterocycles.